The highest BCUT2D eigenvalue weighted by Gasteiger charge is 2.40. The van der Waals surface area contributed by atoms with Crippen LogP contribution in [0.3, 0.4) is 0 Å². The van der Waals surface area contributed by atoms with Crippen molar-refractivity contribution in [3.63, 3.8) is 0 Å². The fraction of sp³-hybridized carbons (Fsp3) is 0.278. The van der Waals surface area contributed by atoms with Crippen molar-refractivity contribution in [3.05, 3.63) is 58.6 Å². The molecule has 0 amide bonds. The van der Waals surface area contributed by atoms with E-state index in [9.17, 15) is 31.5 Å². The van der Waals surface area contributed by atoms with Gasteiger partial charge in [0.25, 0.3) is 0 Å². The summed E-state index contributed by atoms with van der Waals surface area (Å²) >= 11 is 5.79. The second-order valence-corrected chi connectivity index (χ2v) is 8.89. The lowest BCUT2D eigenvalue weighted by atomic mass is 9.91. The van der Waals surface area contributed by atoms with Crippen LogP contribution in [-0.4, -0.2) is 25.2 Å². The van der Waals surface area contributed by atoms with Gasteiger partial charge >= 0.3 is 12.1 Å². The number of carboxylic acids is 1. The van der Waals surface area contributed by atoms with E-state index in [2.05, 4.69) is 5.32 Å². The molecule has 0 aliphatic carbocycles. The van der Waals surface area contributed by atoms with Gasteiger partial charge in [-0.1, -0.05) is 30.7 Å². The van der Waals surface area contributed by atoms with Gasteiger partial charge < -0.3 is 10.4 Å². The summed E-state index contributed by atoms with van der Waals surface area (Å²) in [6, 6.07) is 8.04. The molecule has 0 aliphatic rings. The van der Waals surface area contributed by atoms with E-state index in [0.717, 1.165) is 12.1 Å². The summed E-state index contributed by atoms with van der Waals surface area (Å²) in [7, 11) is -3.87. The van der Waals surface area contributed by atoms with Crippen molar-refractivity contribution in [2.45, 2.75) is 30.5 Å². The zero-order valence-corrected chi connectivity index (χ0v) is 16.4. The van der Waals surface area contributed by atoms with E-state index in [1.54, 1.807) is 0 Å². The number of sulfone groups is 1. The standard InChI is InChI=1S/C18H17ClF3NO4S/c1-3-28(26,27)13-8-9-15(14(10-13)18(20,21)22)23-17(2,16(24)25)11-4-6-12(19)7-5-11/h4-10,23H,3H2,1-2H3,(H,24,25). The van der Waals surface area contributed by atoms with Gasteiger partial charge in [0.05, 0.1) is 16.2 Å². The van der Waals surface area contributed by atoms with Gasteiger partial charge in [0.1, 0.15) is 0 Å². The van der Waals surface area contributed by atoms with Crippen LogP contribution >= 0.6 is 11.6 Å². The van der Waals surface area contributed by atoms with Crippen LogP contribution in [0, 0.1) is 0 Å². The lowest BCUT2D eigenvalue weighted by Crippen LogP contribution is -2.41. The van der Waals surface area contributed by atoms with E-state index in [4.69, 9.17) is 11.6 Å². The molecule has 0 aromatic heterocycles. The normalized spacial score (nSPS) is 14.4. The molecule has 2 aromatic carbocycles. The quantitative estimate of drug-likeness (QED) is 0.694. The third kappa shape index (κ3) is 4.41. The second kappa shape index (κ2) is 7.63. The lowest BCUT2D eigenvalue weighted by Gasteiger charge is -2.29. The Hall–Kier alpha value is -2.26. The third-order valence-electron chi connectivity index (χ3n) is 4.27. The fourth-order valence-electron chi connectivity index (χ4n) is 2.53. The number of hydrogen-bond donors (Lipinski definition) is 2. The predicted octanol–water partition coefficient (Wildman–Crippen LogP) is 4.56. The molecule has 0 radical (unpaired) electrons. The minimum Gasteiger partial charge on any atom is -0.479 e. The van der Waals surface area contributed by atoms with Crippen LogP contribution in [0.5, 0.6) is 0 Å². The first-order valence-corrected chi connectivity index (χ1v) is 10.1. The van der Waals surface area contributed by atoms with E-state index >= 15 is 0 Å². The first-order valence-electron chi connectivity index (χ1n) is 8.03. The zero-order valence-electron chi connectivity index (χ0n) is 14.8. The summed E-state index contributed by atoms with van der Waals surface area (Å²) in [4.78, 5) is 11.4. The van der Waals surface area contributed by atoms with Crippen LogP contribution in [-0.2, 0) is 26.3 Å². The first-order chi connectivity index (χ1) is 12.8. The van der Waals surface area contributed by atoms with Crippen LogP contribution < -0.4 is 5.32 Å². The maximum Gasteiger partial charge on any atom is 0.418 e. The number of nitrogens with one attached hydrogen (secondary N) is 1. The summed E-state index contributed by atoms with van der Waals surface area (Å²) in [6.07, 6.45) is -4.90. The predicted molar refractivity (Wildman–Crippen MR) is 99.2 cm³/mol. The number of carboxylic acid groups (broad SMARTS) is 1. The van der Waals surface area contributed by atoms with Crippen molar-refractivity contribution in [2.75, 3.05) is 11.1 Å². The Morgan fingerprint density at radius 1 is 1.14 bits per heavy atom. The average Bonchev–Trinajstić information content (AvgIpc) is 2.61. The van der Waals surface area contributed by atoms with Gasteiger partial charge in [-0.25, -0.2) is 13.2 Å². The van der Waals surface area contributed by atoms with Gasteiger partial charge in [0.15, 0.2) is 15.4 Å². The number of carbonyl (C=O) groups is 1. The lowest BCUT2D eigenvalue weighted by molar-refractivity contribution is -0.143. The Balaban J connectivity index is 2.62. The van der Waals surface area contributed by atoms with Crippen LogP contribution in [0.4, 0.5) is 18.9 Å². The van der Waals surface area contributed by atoms with Gasteiger partial charge in [-0.05, 0) is 42.8 Å². The number of aliphatic carboxylic acids is 1. The van der Waals surface area contributed by atoms with E-state index < -0.39 is 43.7 Å². The van der Waals surface area contributed by atoms with Crippen molar-refractivity contribution >= 4 is 33.1 Å². The number of benzene rings is 2. The van der Waals surface area contributed by atoms with Crippen LogP contribution in [0.2, 0.25) is 5.02 Å². The zero-order chi connectivity index (χ0) is 21.3. The number of alkyl halides is 3. The van der Waals surface area contributed by atoms with E-state index in [1.165, 1.54) is 38.1 Å². The molecule has 0 saturated heterocycles. The Kier molecular flexibility index (Phi) is 6.01. The Morgan fingerprint density at radius 3 is 2.18 bits per heavy atom. The molecule has 152 valence electrons. The van der Waals surface area contributed by atoms with E-state index in [1.807, 2.05) is 0 Å². The second-order valence-electron chi connectivity index (χ2n) is 6.17. The summed E-state index contributed by atoms with van der Waals surface area (Å²) in [5.74, 6) is -1.79. The monoisotopic (exact) mass is 435 g/mol. The molecule has 1 atom stereocenters. The van der Waals surface area contributed by atoms with Crippen LogP contribution in [0.1, 0.15) is 25.0 Å². The topological polar surface area (TPSA) is 83.5 Å². The molecule has 28 heavy (non-hydrogen) atoms. The minimum atomic E-state index is -4.90. The summed E-state index contributed by atoms with van der Waals surface area (Å²) in [6.45, 7) is 2.52. The molecule has 2 N–H and O–H groups in total. The Morgan fingerprint density at radius 2 is 1.71 bits per heavy atom. The Bertz CT molecular complexity index is 991. The van der Waals surface area contributed by atoms with Crippen LogP contribution in [0.15, 0.2) is 47.4 Å². The summed E-state index contributed by atoms with van der Waals surface area (Å²) < 4.78 is 64.5. The smallest absolute Gasteiger partial charge is 0.418 e. The maximum atomic E-state index is 13.6. The van der Waals surface area contributed by atoms with Crippen molar-refractivity contribution < 1.29 is 31.5 Å². The van der Waals surface area contributed by atoms with Crippen molar-refractivity contribution in [1.82, 2.24) is 0 Å². The molecule has 0 fully saturated rings. The summed E-state index contributed by atoms with van der Waals surface area (Å²) in [5, 5.41) is 12.4. The average molecular weight is 436 g/mol. The molecule has 1 unspecified atom stereocenters. The van der Waals surface area contributed by atoms with Crippen molar-refractivity contribution in [2.24, 2.45) is 0 Å². The van der Waals surface area contributed by atoms with Gasteiger partial charge in [-0.3, -0.25) is 0 Å². The van der Waals surface area contributed by atoms with Gasteiger partial charge in [0.2, 0.25) is 0 Å². The third-order valence-corrected chi connectivity index (χ3v) is 6.25. The molecule has 2 aromatic rings. The highest BCUT2D eigenvalue weighted by molar-refractivity contribution is 7.91. The molecule has 0 saturated carbocycles. The van der Waals surface area contributed by atoms with Crippen LogP contribution in [0.25, 0.3) is 0 Å². The van der Waals surface area contributed by atoms with Gasteiger partial charge in [0, 0.05) is 10.7 Å². The number of halogens is 4. The molecule has 10 heteroatoms. The molecule has 0 bridgehead atoms. The maximum absolute atomic E-state index is 13.6. The SMILES string of the molecule is CCS(=O)(=O)c1ccc(NC(C)(C(=O)O)c2ccc(Cl)cc2)c(C(F)(F)F)c1. The highest BCUT2D eigenvalue weighted by atomic mass is 35.5. The minimum absolute atomic E-state index is 0.169. The Labute approximate surface area is 165 Å². The van der Waals surface area contributed by atoms with E-state index in [0.29, 0.717) is 11.1 Å². The molecule has 0 heterocycles. The first kappa shape index (κ1) is 22.0. The number of anilines is 1. The van der Waals surface area contributed by atoms with Crippen molar-refractivity contribution in [3.8, 4) is 0 Å². The largest absolute Gasteiger partial charge is 0.479 e. The van der Waals surface area contributed by atoms with Gasteiger partial charge in [-0.15, -0.1) is 0 Å². The highest BCUT2D eigenvalue weighted by Crippen LogP contribution is 2.39. The molecular weight excluding hydrogens is 419 g/mol. The molecule has 2 rings (SSSR count). The molecule has 0 aliphatic heterocycles. The molecule has 0 spiro atoms. The number of hydrogen-bond acceptors (Lipinski definition) is 4. The summed E-state index contributed by atoms with van der Waals surface area (Å²) in [5.41, 5.74) is -3.58. The molecular formula is C18H17ClF3NO4S. The van der Waals surface area contributed by atoms with Gasteiger partial charge in [-0.2, -0.15) is 13.2 Å². The molecule has 5 nitrogen and oxygen atoms in total. The van der Waals surface area contributed by atoms with E-state index in [-0.39, 0.29) is 11.3 Å². The van der Waals surface area contributed by atoms with Crippen molar-refractivity contribution in [1.29, 1.82) is 0 Å². The fourth-order valence-corrected chi connectivity index (χ4v) is 3.56. The number of rotatable bonds is 6.